The molecule has 1 heterocycles. The molecule has 1 aliphatic carbocycles. The maximum atomic E-state index is 11.7. The number of hydrogen-bond acceptors (Lipinski definition) is 5. The Balaban J connectivity index is 2.06. The summed E-state index contributed by atoms with van der Waals surface area (Å²) in [6, 6.07) is 0. The fraction of sp³-hybridized carbons (Fsp3) is 0.625. The Hall–Kier alpha value is -1.12. The van der Waals surface area contributed by atoms with Gasteiger partial charge in [-0.05, 0) is 19.3 Å². The van der Waals surface area contributed by atoms with Gasteiger partial charge in [-0.25, -0.2) is 13.1 Å². The molecule has 5 N–H and O–H groups in total. The Morgan fingerprint density at radius 2 is 2.31 bits per heavy atom. The molecule has 0 amide bonds. The van der Waals surface area contributed by atoms with Gasteiger partial charge in [0.2, 0.25) is 10.0 Å². The summed E-state index contributed by atoms with van der Waals surface area (Å²) < 4.78 is 25.8. The van der Waals surface area contributed by atoms with Crippen LogP contribution in [-0.2, 0) is 10.0 Å². The second kappa shape index (κ2) is 3.72. The van der Waals surface area contributed by atoms with E-state index in [4.69, 9.17) is 5.73 Å². The number of aliphatic hydroxyl groups is 1. The molecular formula is C8H14N4O3S. The van der Waals surface area contributed by atoms with Crippen molar-refractivity contribution >= 4 is 15.8 Å². The van der Waals surface area contributed by atoms with Crippen LogP contribution in [0.2, 0.25) is 0 Å². The van der Waals surface area contributed by atoms with E-state index in [1.54, 1.807) is 0 Å². The molecule has 1 fully saturated rings. The quantitative estimate of drug-likeness (QED) is 0.553. The molecule has 0 spiro atoms. The predicted octanol–water partition coefficient (Wildman–Crippen LogP) is -0.815. The van der Waals surface area contributed by atoms with E-state index in [1.807, 2.05) is 0 Å². The topological polar surface area (TPSA) is 121 Å². The third-order valence-corrected chi connectivity index (χ3v) is 4.23. The number of H-pyrrole nitrogens is 1. The average molecular weight is 246 g/mol. The van der Waals surface area contributed by atoms with Gasteiger partial charge in [0, 0.05) is 6.54 Å². The lowest BCUT2D eigenvalue weighted by Crippen LogP contribution is -2.47. The number of rotatable bonds is 4. The lowest BCUT2D eigenvalue weighted by molar-refractivity contribution is -0.0270. The number of hydrogen-bond donors (Lipinski definition) is 4. The molecule has 0 saturated heterocycles. The normalized spacial score (nSPS) is 19.3. The summed E-state index contributed by atoms with van der Waals surface area (Å²) in [5.74, 6) is -0.00639. The number of aromatic amines is 1. The van der Waals surface area contributed by atoms with Crippen LogP contribution in [-0.4, -0.2) is 35.9 Å². The molecule has 90 valence electrons. The Bertz CT molecular complexity index is 477. The molecule has 0 bridgehead atoms. The van der Waals surface area contributed by atoms with Crippen LogP contribution in [0.1, 0.15) is 19.3 Å². The maximum Gasteiger partial charge on any atom is 0.245 e. The first-order valence-electron chi connectivity index (χ1n) is 4.94. The lowest BCUT2D eigenvalue weighted by atomic mass is 9.81. The SMILES string of the molecule is Nc1[nH]ncc1S(=O)(=O)NCC1(O)CCC1. The highest BCUT2D eigenvalue weighted by molar-refractivity contribution is 7.89. The average Bonchev–Trinajstić information content (AvgIpc) is 2.59. The van der Waals surface area contributed by atoms with E-state index in [9.17, 15) is 13.5 Å². The molecule has 0 atom stereocenters. The van der Waals surface area contributed by atoms with Crippen molar-refractivity contribution in [1.82, 2.24) is 14.9 Å². The smallest absolute Gasteiger partial charge is 0.245 e. The summed E-state index contributed by atoms with van der Waals surface area (Å²) in [5, 5.41) is 15.6. The Kier molecular flexibility index (Phi) is 2.64. The minimum Gasteiger partial charge on any atom is -0.389 e. The van der Waals surface area contributed by atoms with Crippen molar-refractivity contribution in [3.05, 3.63) is 6.20 Å². The standard InChI is InChI=1S/C8H14N4O3S/c9-7-6(4-10-12-7)16(14,15)11-5-8(13)2-1-3-8/h4,11,13H,1-3,5H2,(H3,9,10,12). The molecule has 1 aliphatic rings. The van der Waals surface area contributed by atoms with Gasteiger partial charge in [0.25, 0.3) is 0 Å². The van der Waals surface area contributed by atoms with Gasteiger partial charge in [-0.2, -0.15) is 5.10 Å². The molecule has 1 aromatic heterocycles. The van der Waals surface area contributed by atoms with Crippen molar-refractivity contribution in [3.63, 3.8) is 0 Å². The summed E-state index contributed by atoms with van der Waals surface area (Å²) in [4.78, 5) is -0.0876. The van der Waals surface area contributed by atoms with E-state index in [0.29, 0.717) is 12.8 Å². The molecule has 0 unspecified atom stereocenters. The molecule has 7 nitrogen and oxygen atoms in total. The Morgan fingerprint density at radius 1 is 1.62 bits per heavy atom. The monoisotopic (exact) mass is 246 g/mol. The fourth-order valence-corrected chi connectivity index (χ4v) is 2.71. The largest absolute Gasteiger partial charge is 0.389 e. The van der Waals surface area contributed by atoms with E-state index in [-0.39, 0.29) is 17.3 Å². The minimum atomic E-state index is -3.69. The van der Waals surface area contributed by atoms with Crippen molar-refractivity contribution in [3.8, 4) is 0 Å². The van der Waals surface area contributed by atoms with Crippen molar-refractivity contribution in [2.45, 2.75) is 29.8 Å². The number of nitrogens with two attached hydrogens (primary N) is 1. The first kappa shape index (κ1) is 11.4. The Morgan fingerprint density at radius 3 is 2.75 bits per heavy atom. The highest BCUT2D eigenvalue weighted by Gasteiger charge is 2.35. The van der Waals surface area contributed by atoms with Crippen LogP contribution in [0.5, 0.6) is 0 Å². The molecule has 8 heteroatoms. The van der Waals surface area contributed by atoms with Gasteiger partial charge in [0.1, 0.15) is 10.7 Å². The highest BCUT2D eigenvalue weighted by atomic mass is 32.2. The third kappa shape index (κ3) is 2.04. The van der Waals surface area contributed by atoms with E-state index >= 15 is 0 Å². The zero-order valence-electron chi connectivity index (χ0n) is 8.60. The molecule has 16 heavy (non-hydrogen) atoms. The Labute approximate surface area is 93.1 Å². The van der Waals surface area contributed by atoms with Crippen molar-refractivity contribution in [2.24, 2.45) is 0 Å². The zero-order valence-corrected chi connectivity index (χ0v) is 9.42. The number of aromatic nitrogens is 2. The van der Waals surface area contributed by atoms with Crippen molar-refractivity contribution in [1.29, 1.82) is 0 Å². The first-order valence-corrected chi connectivity index (χ1v) is 6.42. The predicted molar refractivity (Wildman–Crippen MR) is 57.0 cm³/mol. The summed E-state index contributed by atoms with van der Waals surface area (Å²) in [6.07, 6.45) is 3.31. The van der Waals surface area contributed by atoms with Gasteiger partial charge in [-0.15, -0.1) is 0 Å². The van der Waals surface area contributed by atoms with Gasteiger partial charge in [0.15, 0.2) is 0 Å². The highest BCUT2D eigenvalue weighted by Crippen LogP contribution is 2.31. The molecular weight excluding hydrogens is 232 g/mol. The lowest BCUT2D eigenvalue weighted by Gasteiger charge is -2.36. The summed E-state index contributed by atoms with van der Waals surface area (Å²) in [5.41, 5.74) is 4.52. The van der Waals surface area contributed by atoms with Gasteiger partial charge < -0.3 is 10.8 Å². The summed E-state index contributed by atoms with van der Waals surface area (Å²) in [7, 11) is -3.69. The van der Waals surface area contributed by atoms with Gasteiger partial charge in [-0.3, -0.25) is 5.10 Å². The second-order valence-electron chi connectivity index (χ2n) is 4.05. The first-order chi connectivity index (χ1) is 7.43. The number of anilines is 1. The van der Waals surface area contributed by atoms with E-state index in [0.717, 1.165) is 12.6 Å². The van der Waals surface area contributed by atoms with Crippen LogP contribution in [0.15, 0.2) is 11.1 Å². The zero-order chi connectivity index (χ0) is 11.8. The molecule has 2 rings (SSSR count). The van der Waals surface area contributed by atoms with Crippen LogP contribution < -0.4 is 10.5 Å². The second-order valence-corrected chi connectivity index (χ2v) is 5.79. The molecule has 0 radical (unpaired) electrons. The van der Waals surface area contributed by atoms with Gasteiger partial charge >= 0.3 is 0 Å². The number of sulfonamides is 1. The van der Waals surface area contributed by atoms with Crippen LogP contribution in [0.3, 0.4) is 0 Å². The number of nitrogens with one attached hydrogen (secondary N) is 2. The van der Waals surface area contributed by atoms with Crippen molar-refractivity contribution in [2.75, 3.05) is 12.3 Å². The van der Waals surface area contributed by atoms with Gasteiger partial charge in [0.05, 0.1) is 11.8 Å². The van der Waals surface area contributed by atoms with Crippen molar-refractivity contribution < 1.29 is 13.5 Å². The summed E-state index contributed by atoms with van der Waals surface area (Å²) in [6.45, 7) is 0.0138. The molecule has 1 saturated carbocycles. The molecule has 0 aromatic carbocycles. The maximum absolute atomic E-state index is 11.7. The number of nitrogens with zero attached hydrogens (tertiary/aromatic N) is 1. The fourth-order valence-electron chi connectivity index (χ4n) is 1.57. The van der Waals surface area contributed by atoms with Crippen LogP contribution in [0, 0.1) is 0 Å². The van der Waals surface area contributed by atoms with Crippen LogP contribution in [0.25, 0.3) is 0 Å². The summed E-state index contributed by atoms with van der Waals surface area (Å²) >= 11 is 0. The van der Waals surface area contributed by atoms with E-state index in [2.05, 4.69) is 14.9 Å². The van der Waals surface area contributed by atoms with Crippen LogP contribution >= 0.6 is 0 Å². The number of nitrogen functional groups attached to an aromatic ring is 1. The van der Waals surface area contributed by atoms with Crippen LogP contribution in [0.4, 0.5) is 5.82 Å². The third-order valence-electron chi connectivity index (χ3n) is 2.80. The van der Waals surface area contributed by atoms with E-state index in [1.165, 1.54) is 0 Å². The molecule has 0 aliphatic heterocycles. The molecule has 1 aromatic rings. The minimum absolute atomic E-state index is 0.00639. The van der Waals surface area contributed by atoms with E-state index < -0.39 is 15.6 Å². The van der Waals surface area contributed by atoms with Gasteiger partial charge in [-0.1, -0.05) is 0 Å².